The molecule has 26 heavy (non-hydrogen) atoms. The molecule has 140 valence electrons. The Bertz CT molecular complexity index is 766. The molecule has 2 aromatic heterocycles. The van der Waals surface area contributed by atoms with Gasteiger partial charge in [0, 0.05) is 25.3 Å². The minimum Gasteiger partial charge on any atom is -0.459 e. The molecule has 1 saturated heterocycles. The molecule has 7 nitrogen and oxygen atoms in total. The van der Waals surface area contributed by atoms with Gasteiger partial charge in [0.25, 0.3) is 5.91 Å². The second kappa shape index (κ2) is 7.76. The van der Waals surface area contributed by atoms with E-state index in [-0.39, 0.29) is 23.5 Å². The van der Waals surface area contributed by atoms with E-state index in [2.05, 4.69) is 17.3 Å². The molecule has 0 bridgehead atoms. The van der Waals surface area contributed by atoms with E-state index in [0.29, 0.717) is 19.5 Å². The third-order valence-electron chi connectivity index (χ3n) is 4.76. The van der Waals surface area contributed by atoms with E-state index >= 15 is 0 Å². The van der Waals surface area contributed by atoms with Crippen LogP contribution in [0.5, 0.6) is 0 Å². The molecule has 0 aliphatic carbocycles. The first-order chi connectivity index (χ1) is 12.5. The first kappa shape index (κ1) is 18.2. The minimum atomic E-state index is -0.423. The first-order valence-corrected chi connectivity index (χ1v) is 9.09. The van der Waals surface area contributed by atoms with Crippen LogP contribution >= 0.6 is 0 Å². The second-order valence-corrected chi connectivity index (χ2v) is 7.09. The summed E-state index contributed by atoms with van der Waals surface area (Å²) in [7, 11) is 0. The van der Waals surface area contributed by atoms with Crippen LogP contribution in [-0.4, -0.2) is 45.6 Å². The number of aryl methyl sites for hydroxylation is 2. The Balaban J connectivity index is 1.53. The number of carbonyl (C=O) groups is 2. The van der Waals surface area contributed by atoms with Gasteiger partial charge in [-0.1, -0.05) is 6.92 Å². The summed E-state index contributed by atoms with van der Waals surface area (Å²) in [5.41, 5.74) is 2.11. The van der Waals surface area contributed by atoms with Crippen LogP contribution in [-0.2, 0) is 11.3 Å². The molecule has 1 aliphatic heterocycles. The minimum absolute atomic E-state index is 0.0948. The number of carbonyl (C=O) groups excluding carboxylic acids is 2. The molecule has 3 heterocycles. The highest BCUT2D eigenvalue weighted by Gasteiger charge is 2.35. The van der Waals surface area contributed by atoms with Gasteiger partial charge in [0.2, 0.25) is 5.91 Å². The molecular formula is C19H26N4O3. The molecular weight excluding hydrogens is 332 g/mol. The monoisotopic (exact) mass is 358 g/mol. The van der Waals surface area contributed by atoms with Gasteiger partial charge >= 0.3 is 0 Å². The fourth-order valence-corrected chi connectivity index (χ4v) is 3.44. The average Bonchev–Trinajstić information content (AvgIpc) is 3.33. The van der Waals surface area contributed by atoms with Gasteiger partial charge in [0.1, 0.15) is 6.04 Å². The molecule has 2 aromatic rings. The summed E-state index contributed by atoms with van der Waals surface area (Å²) in [6.45, 7) is 7.97. The van der Waals surface area contributed by atoms with Gasteiger partial charge in [0.05, 0.1) is 12.0 Å². The van der Waals surface area contributed by atoms with E-state index in [1.165, 1.54) is 6.26 Å². The van der Waals surface area contributed by atoms with E-state index in [0.717, 1.165) is 24.4 Å². The number of rotatable bonds is 6. The SMILES string of the molecule is Cc1cc(C)n(C[C@H](C)CNC(=O)[C@@H]2CCCN2C(=O)c2ccco2)n1. The summed E-state index contributed by atoms with van der Waals surface area (Å²) in [5.74, 6) is 0.209. The van der Waals surface area contributed by atoms with Gasteiger partial charge in [-0.15, -0.1) is 0 Å². The van der Waals surface area contributed by atoms with Crippen molar-refractivity contribution in [1.82, 2.24) is 20.0 Å². The van der Waals surface area contributed by atoms with Crippen molar-refractivity contribution in [2.75, 3.05) is 13.1 Å². The molecule has 2 atom stereocenters. The lowest BCUT2D eigenvalue weighted by molar-refractivity contribution is -0.125. The molecule has 1 fully saturated rings. The average molecular weight is 358 g/mol. The summed E-state index contributed by atoms with van der Waals surface area (Å²) in [4.78, 5) is 26.7. The number of aromatic nitrogens is 2. The van der Waals surface area contributed by atoms with Crippen molar-refractivity contribution in [1.29, 1.82) is 0 Å². The molecule has 0 unspecified atom stereocenters. The Morgan fingerprint density at radius 3 is 2.88 bits per heavy atom. The number of furan rings is 1. The summed E-state index contributed by atoms with van der Waals surface area (Å²) >= 11 is 0. The van der Waals surface area contributed by atoms with E-state index in [1.54, 1.807) is 17.0 Å². The largest absolute Gasteiger partial charge is 0.459 e. The number of nitrogens with one attached hydrogen (secondary N) is 1. The molecule has 0 aromatic carbocycles. The maximum atomic E-state index is 12.6. The van der Waals surface area contributed by atoms with Crippen LogP contribution < -0.4 is 5.32 Å². The Hall–Kier alpha value is -2.57. The van der Waals surface area contributed by atoms with Crippen molar-refractivity contribution >= 4 is 11.8 Å². The molecule has 2 amide bonds. The Morgan fingerprint density at radius 2 is 2.23 bits per heavy atom. The summed E-state index contributed by atoms with van der Waals surface area (Å²) in [6.07, 6.45) is 2.98. The maximum Gasteiger partial charge on any atom is 0.290 e. The highest BCUT2D eigenvalue weighted by atomic mass is 16.3. The summed E-state index contributed by atoms with van der Waals surface area (Å²) in [6, 6.07) is 4.93. The fourth-order valence-electron chi connectivity index (χ4n) is 3.44. The molecule has 7 heteroatoms. The van der Waals surface area contributed by atoms with Crippen LogP contribution in [0.4, 0.5) is 0 Å². The summed E-state index contributed by atoms with van der Waals surface area (Å²) < 4.78 is 7.15. The number of nitrogens with zero attached hydrogens (tertiary/aromatic N) is 3. The van der Waals surface area contributed by atoms with Gasteiger partial charge in [-0.3, -0.25) is 14.3 Å². The van der Waals surface area contributed by atoms with Crippen molar-refractivity contribution in [3.63, 3.8) is 0 Å². The van der Waals surface area contributed by atoms with Gasteiger partial charge in [-0.05, 0) is 50.8 Å². The summed E-state index contributed by atoms with van der Waals surface area (Å²) in [5, 5.41) is 7.46. The van der Waals surface area contributed by atoms with Crippen LogP contribution in [0.25, 0.3) is 0 Å². The van der Waals surface area contributed by atoms with E-state index in [9.17, 15) is 9.59 Å². The van der Waals surface area contributed by atoms with Gasteiger partial charge in [0.15, 0.2) is 5.76 Å². The highest BCUT2D eigenvalue weighted by molar-refractivity contribution is 5.95. The zero-order valence-corrected chi connectivity index (χ0v) is 15.6. The van der Waals surface area contributed by atoms with Crippen molar-refractivity contribution < 1.29 is 14.0 Å². The number of hydrogen-bond acceptors (Lipinski definition) is 4. The molecule has 0 saturated carbocycles. The standard InChI is InChI=1S/C19H26N4O3/c1-13(12-23-15(3)10-14(2)21-23)11-20-18(24)16-6-4-8-22(16)19(25)17-7-5-9-26-17/h5,7,9-10,13,16H,4,6,8,11-12H2,1-3H3,(H,20,24)/t13-,16+/m1/s1. The smallest absolute Gasteiger partial charge is 0.290 e. The van der Waals surface area contributed by atoms with Crippen molar-refractivity contribution in [3.8, 4) is 0 Å². The van der Waals surface area contributed by atoms with E-state index < -0.39 is 6.04 Å². The predicted octanol–water partition coefficient (Wildman–Crippen LogP) is 2.15. The Kier molecular flexibility index (Phi) is 5.44. The fraction of sp³-hybridized carbons (Fsp3) is 0.526. The van der Waals surface area contributed by atoms with Crippen LogP contribution in [0.2, 0.25) is 0 Å². The highest BCUT2D eigenvalue weighted by Crippen LogP contribution is 2.20. The van der Waals surface area contributed by atoms with Crippen molar-refractivity contribution in [3.05, 3.63) is 41.6 Å². The Labute approximate surface area is 153 Å². The molecule has 0 radical (unpaired) electrons. The maximum absolute atomic E-state index is 12.6. The topological polar surface area (TPSA) is 80.4 Å². The van der Waals surface area contributed by atoms with Gasteiger partial charge < -0.3 is 14.6 Å². The quantitative estimate of drug-likeness (QED) is 0.858. The molecule has 0 spiro atoms. The zero-order chi connectivity index (χ0) is 18.7. The Morgan fingerprint density at radius 1 is 1.42 bits per heavy atom. The predicted molar refractivity (Wildman–Crippen MR) is 96.6 cm³/mol. The second-order valence-electron chi connectivity index (χ2n) is 7.09. The van der Waals surface area contributed by atoms with Gasteiger partial charge in [-0.25, -0.2) is 0 Å². The number of amides is 2. The molecule has 1 aliphatic rings. The number of hydrogen-bond donors (Lipinski definition) is 1. The lowest BCUT2D eigenvalue weighted by atomic mass is 10.1. The van der Waals surface area contributed by atoms with Crippen LogP contribution in [0.1, 0.15) is 41.7 Å². The van der Waals surface area contributed by atoms with Crippen molar-refractivity contribution in [2.24, 2.45) is 5.92 Å². The lowest BCUT2D eigenvalue weighted by Gasteiger charge is -2.24. The van der Waals surface area contributed by atoms with Crippen molar-refractivity contribution in [2.45, 2.75) is 46.2 Å². The molecule has 1 N–H and O–H groups in total. The lowest BCUT2D eigenvalue weighted by Crippen LogP contribution is -2.47. The molecule has 3 rings (SSSR count). The van der Waals surface area contributed by atoms with E-state index in [1.807, 2.05) is 24.6 Å². The first-order valence-electron chi connectivity index (χ1n) is 9.09. The third kappa shape index (κ3) is 3.98. The number of likely N-dealkylation sites (tertiary alicyclic amines) is 1. The van der Waals surface area contributed by atoms with Crippen LogP contribution in [0.3, 0.4) is 0 Å². The zero-order valence-electron chi connectivity index (χ0n) is 15.6. The van der Waals surface area contributed by atoms with Crippen LogP contribution in [0, 0.1) is 19.8 Å². The van der Waals surface area contributed by atoms with Gasteiger partial charge in [-0.2, -0.15) is 5.10 Å². The van der Waals surface area contributed by atoms with Crippen LogP contribution in [0.15, 0.2) is 28.9 Å². The normalized spacial score (nSPS) is 18.1. The third-order valence-corrected chi connectivity index (χ3v) is 4.76. The van der Waals surface area contributed by atoms with E-state index in [4.69, 9.17) is 4.42 Å².